The highest BCUT2D eigenvalue weighted by Crippen LogP contribution is 2.11. The number of hydrogen-bond donors (Lipinski definition) is 1. The van der Waals surface area contributed by atoms with E-state index in [0.29, 0.717) is 13.2 Å². The zero-order valence-corrected chi connectivity index (χ0v) is 11.7. The number of nitrogens with one attached hydrogen (secondary N) is 1. The summed E-state index contributed by atoms with van der Waals surface area (Å²) in [5.41, 5.74) is 0.750. The normalized spacial score (nSPS) is 20.4. The predicted octanol–water partition coefficient (Wildman–Crippen LogP) is 1.04. The molecule has 1 N–H and O–H groups in total. The van der Waals surface area contributed by atoms with Gasteiger partial charge in [0.1, 0.15) is 5.82 Å². The van der Waals surface area contributed by atoms with E-state index < -0.39 is 0 Å². The highest BCUT2D eigenvalue weighted by molar-refractivity contribution is 5.44. The molecule has 7 nitrogen and oxygen atoms in total. The SMILES string of the molecule is Cc1nnc2ccc(NC(C)COC3CCOC3)nn12. The molecule has 2 aromatic rings. The highest BCUT2D eigenvalue weighted by Gasteiger charge is 2.17. The van der Waals surface area contributed by atoms with Crippen LogP contribution in [-0.2, 0) is 9.47 Å². The van der Waals surface area contributed by atoms with Crippen molar-refractivity contribution in [1.29, 1.82) is 0 Å². The third kappa shape index (κ3) is 2.88. The van der Waals surface area contributed by atoms with Gasteiger partial charge in [0.2, 0.25) is 0 Å². The molecule has 0 amide bonds. The molecule has 2 aromatic heterocycles. The molecule has 108 valence electrons. The minimum atomic E-state index is 0.178. The minimum Gasteiger partial charge on any atom is -0.379 e. The summed E-state index contributed by atoms with van der Waals surface area (Å²) in [5.74, 6) is 1.56. The van der Waals surface area contributed by atoms with Crippen LogP contribution >= 0.6 is 0 Å². The average molecular weight is 277 g/mol. The van der Waals surface area contributed by atoms with Gasteiger partial charge in [-0.05, 0) is 32.4 Å². The van der Waals surface area contributed by atoms with Gasteiger partial charge in [-0.3, -0.25) is 0 Å². The zero-order chi connectivity index (χ0) is 13.9. The molecule has 0 radical (unpaired) electrons. The van der Waals surface area contributed by atoms with Gasteiger partial charge in [-0.1, -0.05) is 0 Å². The topological polar surface area (TPSA) is 73.6 Å². The van der Waals surface area contributed by atoms with Crippen molar-refractivity contribution in [2.24, 2.45) is 0 Å². The largest absolute Gasteiger partial charge is 0.379 e. The van der Waals surface area contributed by atoms with E-state index in [1.165, 1.54) is 0 Å². The highest BCUT2D eigenvalue weighted by atomic mass is 16.5. The minimum absolute atomic E-state index is 0.178. The Morgan fingerprint density at radius 1 is 1.50 bits per heavy atom. The third-order valence-electron chi connectivity index (χ3n) is 3.28. The Labute approximate surface area is 117 Å². The fraction of sp³-hybridized carbons (Fsp3) is 0.615. The molecular weight excluding hydrogens is 258 g/mol. The van der Waals surface area contributed by atoms with Gasteiger partial charge in [0.25, 0.3) is 0 Å². The van der Waals surface area contributed by atoms with Crippen molar-refractivity contribution >= 4 is 11.5 Å². The summed E-state index contributed by atoms with van der Waals surface area (Å²) in [6.07, 6.45) is 1.21. The molecule has 0 bridgehead atoms. The standard InChI is InChI=1S/C13H19N5O2/c1-9(7-20-11-5-6-19-8-11)14-12-3-4-13-16-15-10(2)18(13)17-12/h3-4,9,11H,5-8H2,1-2H3,(H,14,17). The molecule has 0 saturated carbocycles. The molecule has 1 fully saturated rings. The lowest BCUT2D eigenvalue weighted by molar-refractivity contribution is 0.0394. The second kappa shape index (κ2) is 5.72. The van der Waals surface area contributed by atoms with Gasteiger partial charge in [0.15, 0.2) is 11.5 Å². The third-order valence-corrected chi connectivity index (χ3v) is 3.28. The molecule has 2 unspecified atom stereocenters. The van der Waals surface area contributed by atoms with Gasteiger partial charge in [-0.2, -0.15) is 4.52 Å². The number of hydrogen-bond acceptors (Lipinski definition) is 6. The number of rotatable bonds is 5. The van der Waals surface area contributed by atoms with Crippen LogP contribution in [0.15, 0.2) is 12.1 Å². The van der Waals surface area contributed by atoms with Gasteiger partial charge in [0.05, 0.1) is 19.3 Å². The summed E-state index contributed by atoms with van der Waals surface area (Å²) < 4.78 is 12.8. The van der Waals surface area contributed by atoms with Crippen molar-refractivity contribution in [2.75, 3.05) is 25.1 Å². The number of aromatic nitrogens is 4. The number of anilines is 1. The first-order valence-corrected chi connectivity index (χ1v) is 6.87. The summed E-state index contributed by atoms with van der Waals surface area (Å²) in [6.45, 7) is 6.09. The van der Waals surface area contributed by atoms with Crippen LogP contribution in [0.25, 0.3) is 5.65 Å². The van der Waals surface area contributed by atoms with E-state index in [-0.39, 0.29) is 12.1 Å². The first-order chi connectivity index (χ1) is 9.72. The van der Waals surface area contributed by atoms with Gasteiger partial charge >= 0.3 is 0 Å². The second-order valence-electron chi connectivity index (χ2n) is 5.10. The number of ether oxygens (including phenoxy) is 2. The maximum absolute atomic E-state index is 5.79. The molecule has 3 heterocycles. The van der Waals surface area contributed by atoms with Gasteiger partial charge in [-0.25, -0.2) is 0 Å². The summed E-state index contributed by atoms with van der Waals surface area (Å²) in [5, 5.41) is 15.8. The first kappa shape index (κ1) is 13.3. The van der Waals surface area contributed by atoms with Crippen molar-refractivity contribution in [3.05, 3.63) is 18.0 Å². The maximum atomic E-state index is 5.79. The maximum Gasteiger partial charge on any atom is 0.178 e. The molecule has 0 aromatic carbocycles. The van der Waals surface area contributed by atoms with Crippen molar-refractivity contribution < 1.29 is 9.47 Å². The fourth-order valence-corrected chi connectivity index (χ4v) is 2.19. The molecule has 3 rings (SSSR count). The summed E-state index contributed by atoms with van der Waals surface area (Å²) in [6, 6.07) is 3.98. The fourth-order valence-electron chi connectivity index (χ4n) is 2.19. The first-order valence-electron chi connectivity index (χ1n) is 6.87. The Morgan fingerprint density at radius 2 is 2.40 bits per heavy atom. The van der Waals surface area contributed by atoms with E-state index in [1.54, 1.807) is 4.52 Å². The van der Waals surface area contributed by atoms with Crippen LogP contribution in [0.3, 0.4) is 0 Å². The Bertz CT molecular complexity index is 579. The molecule has 1 aliphatic rings. The van der Waals surface area contributed by atoms with E-state index >= 15 is 0 Å². The van der Waals surface area contributed by atoms with Crippen LogP contribution in [0.4, 0.5) is 5.82 Å². The van der Waals surface area contributed by atoms with E-state index in [4.69, 9.17) is 9.47 Å². The Kier molecular flexibility index (Phi) is 3.79. The molecule has 20 heavy (non-hydrogen) atoms. The lowest BCUT2D eigenvalue weighted by Crippen LogP contribution is -2.26. The predicted molar refractivity (Wildman–Crippen MR) is 73.8 cm³/mol. The van der Waals surface area contributed by atoms with E-state index in [9.17, 15) is 0 Å². The molecule has 2 atom stereocenters. The van der Waals surface area contributed by atoms with Gasteiger partial charge in [0, 0.05) is 12.6 Å². The molecule has 1 aliphatic heterocycles. The Balaban J connectivity index is 1.58. The smallest absolute Gasteiger partial charge is 0.178 e. The molecule has 0 spiro atoms. The second-order valence-corrected chi connectivity index (χ2v) is 5.10. The number of fused-ring (bicyclic) bond motifs is 1. The quantitative estimate of drug-likeness (QED) is 0.880. The lowest BCUT2D eigenvalue weighted by atomic mass is 10.3. The van der Waals surface area contributed by atoms with Crippen LogP contribution < -0.4 is 5.32 Å². The zero-order valence-electron chi connectivity index (χ0n) is 11.7. The monoisotopic (exact) mass is 277 g/mol. The summed E-state index contributed by atoms with van der Waals surface area (Å²) in [7, 11) is 0. The van der Waals surface area contributed by atoms with Crippen molar-refractivity contribution in [2.45, 2.75) is 32.4 Å². The molecule has 7 heteroatoms. The molecule has 0 aliphatic carbocycles. The summed E-state index contributed by atoms with van der Waals surface area (Å²) >= 11 is 0. The molecular formula is C13H19N5O2. The average Bonchev–Trinajstić information content (AvgIpc) is 3.07. The number of nitrogens with zero attached hydrogens (tertiary/aromatic N) is 4. The summed E-state index contributed by atoms with van der Waals surface area (Å²) in [4.78, 5) is 0. The lowest BCUT2D eigenvalue weighted by Gasteiger charge is -2.17. The van der Waals surface area contributed by atoms with Crippen LogP contribution in [0.1, 0.15) is 19.2 Å². The Hall–Kier alpha value is -1.73. The number of aryl methyl sites for hydroxylation is 1. The van der Waals surface area contributed by atoms with Crippen LogP contribution in [-0.4, -0.2) is 51.8 Å². The van der Waals surface area contributed by atoms with Crippen LogP contribution in [0.2, 0.25) is 0 Å². The molecule has 1 saturated heterocycles. The Morgan fingerprint density at radius 3 is 3.20 bits per heavy atom. The van der Waals surface area contributed by atoms with Gasteiger partial charge in [-0.15, -0.1) is 15.3 Å². The van der Waals surface area contributed by atoms with Crippen LogP contribution in [0.5, 0.6) is 0 Å². The van der Waals surface area contributed by atoms with E-state index in [1.807, 2.05) is 19.1 Å². The van der Waals surface area contributed by atoms with Gasteiger partial charge < -0.3 is 14.8 Å². The van der Waals surface area contributed by atoms with Crippen LogP contribution in [0, 0.1) is 6.92 Å². The van der Waals surface area contributed by atoms with Crippen molar-refractivity contribution in [3.8, 4) is 0 Å². The van der Waals surface area contributed by atoms with E-state index in [2.05, 4.69) is 27.5 Å². The van der Waals surface area contributed by atoms with Crippen molar-refractivity contribution in [1.82, 2.24) is 19.8 Å². The van der Waals surface area contributed by atoms with E-state index in [0.717, 1.165) is 30.3 Å². The van der Waals surface area contributed by atoms with Crippen molar-refractivity contribution in [3.63, 3.8) is 0 Å².